The van der Waals surface area contributed by atoms with Crippen LogP contribution in [0.15, 0.2) is 48.7 Å². The van der Waals surface area contributed by atoms with Crippen molar-refractivity contribution >= 4 is 28.2 Å². The minimum Gasteiger partial charge on any atom is -0.398 e. The largest absolute Gasteiger partial charge is 0.398 e. The van der Waals surface area contributed by atoms with Gasteiger partial charge in [0.1, 0.15) is 6.04 Å². The van der Waals surface area contributed by atoms with E-state index in [1.165, 1.54) is 16.5 Å². The number of aromatic nitrogens is 1. The molecule has 0 saturated heterocycles. The molecular weight excluding hydrogens is 336 g/mol. The highest BCUT2D eigenvalue weighted by molar-refractivity contribution is 5.86. The Morgan fingerprint density at radius 1 is 1.26 bits per heavy atom. The number of carbonyl (C=O) groups excluding carboxylic acids is 1. The third kappa shape index (κ3) is 3.37. The van der Waals surface area contributed by atoms with Crippen LogP contribution in [0.3, 0.4) is 0 Å². The minimum atomic E-state index is -0.214. The van der Waals surface area contributed by atoms with E-state index < -0.39 is 0 Å². The fraction of sp³-hybridized carbons (Fsp3) is 0.318. The second-order valence-electron chi connectivity index (χ2n) is 7.22. The zero-order valence-electron chi connectivity index (χ0n) is 15.7. The van der Waals surface area contributed by atoms with Gasteiger partial charge in [-0.2, -0.15) is 0 Å². The Balaban J connectivity index is 1.40. The quantitative estimate of drug-likeness (QED) is 0.610. The molecule has 1 aromatic heterocycles. The van der Waals surface area contributed by atoms with Gasteiger partial charge in [0.25, 0.3) is 0 Å². The predicted octanol–water partition coefficient (Wildman–Crippen LogP) is 3.25. The third-order valence-corrected chi connectivity index (χ3v) is 5.54. The van der Waals surface area contributed by atoms with Gasteiger partial charge in [0.15, 0.2) is 0 Å². The molecule has 1 aliphatic heterocycles. The maximum atomic E-state index is 12.7. The molecule has 0 spiro atoms. The first-order chi connectivity index (χ1) is 13.1. The number of aromatic amines is 1. The molecule has 4 N–H and O–H groups in total. The molecule has 3 aromatic rings. The number of nitrogens with one attached hydrogen (secondary N) is 2. The number of anilines is 2. The standard InChI is InChI=1S/C22H26N4O/c1-15(26-13-5-7-18-19(23)8-4-10-21(18)26)22(27)24-12-11-16-14-25-20-9-3-2-6-17(16)20/h2-4,6,8-10,14-15,25H,5,7,11-13,23H2,1H3,(H,24,27). The summed E-state index contributed by atoms with van der Waals surface area (Å²) in [5.41, 5.74) is 11.6. The topological polar surface area (TPSA) is 74.2 Å². The van der Waals surface area contributed by atoms with Crippen molar-refractivity contribution in [3.63, 3.8) is 0 Å². The summed E-state index contributed by atoms with van der Waals surface area (Å²) < 4.78 is 0. The van der Waals surface area contributed by atoms with E-state index in [1.807, 2.05) is 37.4 Å². The van der Waals surface area contributed by atoms with E-state index >= 15 is 0 Å². The first-order valence-corrected chi connectivity index (χ1v) is 9.62. The number of rotatable bonds is 5. The number of nitrogen functional groups attached to an aromatic ring is 1. The van der Waals surface area contributed by atoms with Crippen LogP contribution in [0.1, 0.15) is 24.5 Å². The van der Waals surface area contributed by atoms with Crippen LogP contribution in [0.4, 0.5) is 11.4 Å². The van der Waals surface area contributed by atoms with Crippen LogP contribution in [0, 0.1) is 0 Å². The number of fused-ring (bicyclic) bond motifs is 2. The molecule has 0 fully saturated rings. The number of benzene rings is 2. The van der Waals surface area contributed by atoms with Crippen molar-refractivity contribution in [1.82, 2.24) is 10.3 Å². The Bertz CT molecular complexity index is 962. The molecule has 5 heteroatoms. The molecule has 1 aliphatic rings. The first-order valence-electron chi connectivity index (χ1n) is 9.62. The highest BCUT2D eigenvalue weighted by atomic mass is 16.2. The lowest BCUT2D eigenvalue weighted by molar-refractivity contribution is -0.122. The van der Waals surface area contributed by atoms with Gasteiger partial charge < -0.3 is 20.9 Å². The molecule has 0 saturated carbocycles. The van der Waals surface area contributed by atoms with Crippen molar-refractivity contribution in [2.24, 2.45) is 0 Å². The summed E-state index contributed by atoms with van der Waals surface area (Å²) >= 11 is 0. The van der Waals surface area contributed by atoms with Crippen LogP contribution < -0.4 is 16.0 Å². The SMILES string of the molecule is CC(C(=O)NCCc1c[nH]c2ccccc12)N1CCCc2c(N)cccc21. The number of nitrogens with two attached hydrogens (primary N) is 1. The van der Waals surface area contributed by atoms with Crippen molar-refractivity contribution < 1.29 is 4.79 Å². The van der Waals surface area contributed by atoms with Crippen molar-refractivity contribution in [3.8, 4) is 0 Å². The molecule has 27 heavy (non-hydrogen) atoms. The van der Waals surface area contributed by atoms with Crippen LogP contribution in [0.5, 0.6) is 0 Å². The van der Waals surface area contributed by atoms with Gasteiger partial charge >= 0.3 is 0 Å². The molecule has 5 nitrogen and oxygen atoms in total. The van der Waals surface area contributed by atoms with E-state index in [9.17, 15) is 4.79 Å². The molecule has 1 unspecified atom stereocenters. The Morgan fingerprint density at radius 3 is 3.00 bits per heavy atom. The number of carbonyl (C=O) groups is 1. The highest BCUT2D eigenvalue weighted by Crippen LogP contribution is 2.32. The summed E-state index contributed by atoms with van der Waals surface area (Å²) in [5, 5.41) is 4.32. The van der Waals surface area contributed by atoms with E-state index in [4.69, 9.17) is 5.73 Å². The third-order valence-electron chi connectivity index (χ3n) is 5.54. The van der Waals surface area contributed by atoms with Gasteiger partial charge in [-0.3, -0.25) is 4.79 Å². The Hall–Kier alpha value is -2.95. The lowest BCUT2D eigenvalue weighted by Gasteiger charge is -2.36. The van der Waals surface area contributed by atoms with Crippen LogP contribution in [-0.4, -0.2) is 30.0 Å². The lowest BCUT2D eigenvalue weighted by atomic mass is 9.98. The van der Waals surface area contributed by atoms with Crippen molar-refractivity contribution in [2.75, 3.05) is 23.7 Å². The van der Waals surface area contributed by atoms with Gasteiger partial charge in [-0.1, -0.05) is 24.3 Å². The van der Waals surface area contributed by atoms with Crippen molar-refractivity contribution in [1.29, 1.82) is 0 Å². The molecule has 2 aromatic carbocycles. The summed E-state index contributed by atoms with van der Waals surface area (Å²) in [6.07, 6.45) is 4.84. The van der Waals surface area contributed by atoms with Gasteiger partial charge in [0.2, 0.25) is 5.91 Å². The summed E-state index contributed by atoms with van der Waals surface area (Å²) in [6.45, 7) is 3.48. The number of H-pyrrole nitrogens is 1. The zero-order valence-corrected chi connectivity index (χ0v) is 15.7. The average molecular weight is 362 g/mol. The summed E-state index contributed by atoms with van der Waals surface area (Å²) in [6, 6.07) is 14.0. The van der Waals surface area contributed by atoms with Crippen LogP contribution >= 0.6 is 0 Å². The average Bonchev–Trinajstić information content (AvgIpc) is 3.10. The van der Waals surface area contributed by atoms with Gasteiger partial charge in [-0.25, -0.2) is 0 Å². The normalized spacial score (nSPS) is 14.8. The van der Waals surface area contributed by atoms with E-state index in [0.717, 1.165) is 42.7 Å². The van der Waals surface area contributed by atoms with E-state index in [-0.39, 0.29) is 11.9 Å². The predicted molar refractivity (Wildman–Crippen MR) is 111 cm³/mol. The monoisotopic (exact) mass is 362 g/mol. The van der Waals surface area contributed by atoms with Gasteiger partial charge in [0, 0.05) is 41.6 Å². The molecule has 1 atom stereocenters. The van der Waals surface area contributed by atoms with Crippen molar-refractivity contribution in [2.45, 2.75) is 32.2 Å². The van der Waals surface area contributed by atoms with E-state index in [0.29, 0.717) is 6.54 Å². The smallest absolute Gasteiger partial charge is 0.242 e. The van der Waals surface area contributed by atoms with Crippen molar-refractivity contribution in [3.05, 3.63) is 59.8 Å². The zero-order chi connectivity index (χ0) is 18.8. The molecule has 0 aliphatic carbocycles. The van der Waals surface area contributed by atoms with Crippen LogP contribution in [0.2, 0.25) is 0 Å². The number of hydrogen-bond acceptors (Lipinski definition) is 3. The second-order valence-corrected chi connectivity index (χ2v) is 7.22. The van der Waals surface area contributed by atoms with E-state index in [2.05, 4.69) is 33.4 Å². The highest BCUT2D eigenvalue weighted by Gasteiger charge is 2.26. The van der Waals surface area contributed by atoms with Gasteiger partial charge in [-0.15, -0.1) is 0 Å². The molecule has 140 valence electrons. The van der Waals surface area contributed by atoms with Gasteiger partial charge in [0.05, 0.1) is 0 Å². The first kappa shape index (κ1) is 17.5. The van der Waals surface area contributed by atoms with Crippen LogP contribution in [0.25, 0.3) is 10.9 Å². The van der Waals surface area contributed by atoms with Crippen LogP contribution in [-0.2, 0) is 17.6 Å². The van der Waals surface area contributed by atoms with E-state index in [1.54, 1.807) is 0 Å². The minimum absolute atomic E-state index is 0.0603. The Morgan fingerprint density at radius 2 is 2.11 bits per heavy atom. The maximum Gasteiger partial charge on any atom is 0.242 e. The second kappa shape index (κ2) is 7.35. The number of amides is 1. The molecule has 4 rings (SSSR count). The number of hydrogen-bond donors (Lipinski definition) is 3. The fourth-order valence-corrected chi connectivity index (χ4v) is 4.03. The van der Waals surface area contributed by atoms with Gasteiger partial charge in [-0.05, 0) is 55.5 Å². The maximum absolute atomic E-state index is 12.7. The molecule has 1 amide bonds. The molecule has 0 radical (unpaired) electrons. The lowest BCUT2D eigenvalue weighted by Crippen LogP contribution is -2.47. The summed E-state index contributed by atoms with van der Waals surface area (Å²) in [5.74, 6) is 0.0603. The Kier molecular flexibility index (Phi) is 4.75. The number of para-hydroxylation sites is 1. The molecular formula is C22H26N4O. The molecule has 0 bridgehead atoms. The molecule has 2 heterocycles. The Labute approximate surface area is 159 Å². The fourth-order valence-electron chi connectivity index (χ4n) is 4.03. The number of nitrogens with zero attached hydrogens (tertiary/aromatic N) is 1. The summed E-state index contributed by atoms with van der Waals surface area (Å²) in [4.78, 5) is 18.2. The summed E-state index contributed by atoms with van der Waals surface area (Å²) in [7, 11) is 0.